The zero-order valence-corrected chi connectivity index (χ0v) is 35.5. The number of benzene rings is 1. The molecule has 3 unspecified atom stereocenters. The fraction of sp³-hybridized carbons (Fsp3) is 0.659. The van der Waals surface area contributed by atoms with E-state index in [0.717, 1.165) is 86.3 Å². The van der Waals surface area contributed by atoms with Gasteiger partial charge in [-0.25, -0.2) is 14.6 Å². The van der Waals surface area contributed by atoms with Crippen LogP contribution in [0.25, 0.3) is 11.2 Å². The lowest BCUT2D eigenvalue weighted by molar-refractivity contribution is -0.191. The number of hydrogen-bond donors (Lipinski definition) is 3. The molecular weight excluding hydrogens is 771 g/mol. The van der Waals surface area contributed by atoms with E-state index in [4.69, 9.17) is 62.9 Å². The molecule has 14 nitrogen and oxygen atoms in total. The number of halogens is 2. The number of carbonyl (C=O) groups excluding carboxylic acids is 2. The van der Waals surface area contributed by atoms with Crippen molar-refractivity contribution in [3.8, 4) is 0 Å². The van der Waals surface area contributed by atoms with Gasteiger partial charge in [0.15, 0.2) is 5.65 Å². The first kappa shape index (κ1) is 46.0. The average molecular weight is 832 g/mol. The second-order valence-electron chi connectivity index (χ2n) is 16.1. The van der Waals surface area contributed by atoms with Crippen molar-refractivity contribution in [3.63, 3.8) is 0 Å². The predicted octanol–water partition coefficient (Wildman–Crippen LogP) is 6.29. The number of carboxylic acids is 1. The number of carboxylic acid groups (broad SMARTS) is 2. The molecule has 16 heteroatoms. The van der Waals surface area contributed by atoms with E-state index in [0.29, 0.717) is 46.3 Å². The fourth-order valence-electron chi connectivity index (χ4n) is 9.20. The molecule has 0 spiro atoms. The van der Waals surface area contributed by atoms with Crippen LogP contribution < -0.4 is 10.2 Å². The molecule has 7 atom stereocenters. The van der Waals surface area contributed by atoms with E-state index in [2.05, 4.69) is 47.7 Å². The number of likely N-dealkylation sites (tertiary alicyclic amines) is 2. The van der Waals surface area contributed by atoms with Gasteiger partial charge in [0.25, 0.3) is 6.47 Å². The topological polar surface area (TPSA) is 174 Å². The zero-order valence-electron chi connectivity index (χ0n) is 33.9. The summed E-state index contributed by atoms with van der Waals surface area (Å²) in [5.41, 5.74) is 3.48. The van der Waals surface area contributed by atoms with Crippen LogP contribution in [-0.2, 0) is 19.2 Å². The Kier molecular flexibility index (Phi) is 18.2. The molecule has 4 aliphatic rings. The van der Waals surface area contributed by atoms with Crippen molar-refractivity contribution in [1.82, 2.24) is 34.9 Å². The maximum Gasteiger partial charge on any atom is 0.373 e. The number of hydrogen-bond acceptors (Lipinski definition) is 11. The van der Waals surface area contributed by atoms with Gasteiger partial charge in [0.1, 0.15) is 11.3 Å². The summed E-state index contributed by atoms with van der Waals surface area (Å²) in [5, 5.41) is 25.2. The first-order valence-corrected chi connectivity index (χ1v) is 21.0. The molecule has 0 bridgehead atoms. The van der Waals surface area contributed by atoms with Gasteiger partial charge in [0.2, 0.25) is 0 Å². The van der Waals surface area contributed by atoms with Crippen molar-refractivity contribution in [2.45, 2.75) is 97.7 Å². The van der Waals surface area contributed by atoms with Crippen LogP contribution in [0.3, 0.4) is 0 Å². The highest BCUT2D eigenvalue weighted by molar-refractivity contribution is 6.35. The van der Waals surface area contributed by atoms with Crippen LogP contribution >= 0.6 is 23.2 Å². The van der Waals surface area contributed by atoms with Crippen LogP contribution in [0.4, 0.5) is 5.82 Å². The van der Waals surface area contributed by atoms with Crippen molar-refractivity contribution in [2.75, 3.05) is 57.3 Å². The molecule has 4 aliphatic heterocycles. The fourth-order valence-corrected chi connectivity index (χ4v) is 9.77. The third-order valence-corrected chi connectivity index (χ3v) is 12.5. The van der Waals surface area contributed by atoms with Crippen molar-refractivity contribution in [2.24, 2.45) is 23.7 Å². The second kappa shape index (κ2) is 22.5. The van der Waals surface area contributed by atoms with Crippen molar-refractivity contribution in [1.29, 1.82) is 0 Å². The molecule has 57 heavy (non-hydrogen) atoms. The van der Waals surface area contributed by atoms with Crippen molar-refractivity contribution in [3.05, 3.63) is 45.7 Å². The number of carbonyl (C=O) groups is 2. The Hall–Kier alpha value is -3.65. The number of piperidine rings is 4. The van der Waals surface area contributed by atoms with Gasteiger partial charge in [-0.1, -0.05) is 50.0 Å². The van der Waals surface area contributed by atoms with E-state index < -0.39 is 5.97 Å². The standard InChI is InChI=1S/C26H34Cl2N6.C13H24N2O2.CH2O2.CO2/c1-16-6-5-10-32(14-16)23-9-11-33(15-17(23)2)24-13-29-25-18(3)31-34(26(25)30-24)19(4)21-8-7-20(27)12-22(21)28;1-10-8-14-5-4-12(10)15-6-2-3-11(9-15)7-13(16)17;2*2-1-3/h7-8,12-13,16-17,19,23H,5-6,9-11,14-15H2,1-4H3;10-12,14H,2-9H2,1H3,(H,16,17);1H,(H,2,3);/t16-,17-,19-,23?;10?,11-,12?;;/m10../s1. The van der Waals surface area contributed by atoms with Gasteiger partial charge in [-0.15, -0.1) is 0 Å². The van der Waals surface area contributed by atoms with Crippen LogP contribution in [-0.4, -0.2) is 123 Å². The summed E-state index contributed by atoms with van der Waals surface area (Å²) < 4.78 is 1.95. The monoisotopic (exact) mass is 830 g/mol. The normalized spacial score (nSPS) is 26.0. The largest absolute Gasteiger partial charge is 0.483 e. The molecule has 4 saturated heterocycles. The number of nitrogens with one attached hydrogen (secondary N) is 1. The van der Waals surface area contributed by atoms with Crippen LogP contribution in [0.15, 0.2) is 24.4 Å². The van der Waals surface area contributed by atoms with Crippen molar-refractivity contribution < 1.29 is 29.4 Å². The Morgan fingerprint density at radius 2 is 1.67 bits per heavy atom. The zero-order chi connectivity index (χ0) is 41.6. The highest BCUT2D eigenvalue weighted by Gasteiger charge is 2.34. The van der Waals surface area contributed by atoms with Crippen LogP contribution in [0.1, 0.15) is 89.9 Å². The van der Waals surface area contributed by atoms with Gasteiger partial charge in [0, 0.05) is 54.7 Å². The summed E-state index contributed by atoms with van der Waals surface area (Å²) in [6.45, 7) is 19.7. The summed E-state index contributed by atoms with van der Waals surface area (Å²) in [6.07, 6.45) is 9.83. The number of nitrogens with zero attached hydrogens (tertiary/aromatic N) is 7. The highest BCUT2D eigenvalue weighted by atomic mass is 35.5. The van der Waals surface area contributed by atoms with Gasteiger partial charge in [-0.3, -0.25) is 19.4 Å². The molecule has 4 fully saturated rings. The SMILES string of the molecule is CC1CNCCC1N1CCC[C@@H](CC(=O)O)C1.Cc1nn([C@H](C)c2ccc(Cl)cc2Cl)c2nc(N3CCC(N4CCC[C@@H](C)C4)[C@H](C)C3)cnc12.O=C=O.O=CO. The Bertz CT molecular complexity index is 1790. The highest BCUT2D eigenvalue weighted by Crippen LogP contribution is 2.33. The van der Waals surface area contributed by atoms with Crippen molar-refractivity contribution >= 4 is 58.8 Å². The molecule has 3 N–H and O–H groups in total. The smallest absolute Gasteiger partial charge is 0.373 e. The van der Waals surface area contributed by atoms with Crippen LogP contribution in [0.2, 0.25) is 10.0 Å². The van der Waals surface area contributed by atoms with Gasteiger partial charge in [-0.05, 0) is 120 Å². The van der Waals surface area contributed by atoms with Gasteiger partial charge in [-0.2, -0.15) is 14.7 Å². The lowest BCUT2D eigenvalue weighted by atomic mass is 9.88. The maximum absolute atomic E-state index is 10.8. The first-order chi connectivity index (χ1) is 27.3. The van der Waals surface area contributed by atoms with Gasteiger partial charge < -0.3 is 20.4 Å². The summed E-state index contributed by atoms with van der Waals surface area (Å²) in [4.78, 5) is 52.9. The molecule has 0 amide bonds. The minimum atomic E-state index is -0.643. The Morgan fingerprint density at radius 1 is 1.00 bits per heavy atom. The Labute approximate surface area is 346 Å². The average Bonchev–Trinajstić information content (AvgIpc) is 3.51. The van der Waals surface area contributed by atoms with E-state index in [9.17, 15) is 4.79 Å². The molecule has 6 heterocycles. The molecule has 314 valence electrons. The number of fused-ring (bicyclic) bond motifs is 1. The molecule has 7 rings (SSSR count). The number of rotatable bonds is 7. The molecule has 0 aliphatic carbocycles. The summed E-state index contributed by atoms with van der Waals surface area (Å²) in [5.74, 6) is 2.74. The predicted molar refractivity (Wildman–Crippen MR) is 221 cm³/mol. The van der Waals surface area contributed by atoms with E-state index in [1.165, 1.54) is 38.8 Å². The van der Waals surface area contributed by atoms with Gasteiger partial charge in [0.05, 0.1) is 17.9 Å². The third kappa shape index (κ3) is 12.7. The number of aromatic nitrogens is 4. The molecule has 3 aromatic rings. The third-order valence-electron chi connectivity index (χ3n) is 11.9. The molecule has 0 saturated carbocycles. The number of anilines is 1. The molecule has 0 radical (unpaired) electrons. The van der Waals surface area contributed by atoms with Gasteiger partial charge >= 0.3 is 12.1 Å². The Balaban J connectivity index is 0.000000261. The second-order valence-corrected chi connectivity index (χ2v) is 17.0. The lowest BCUT2D eigenvalue weighted by Crippen LogP contribution is -2.52. The molecule has 2 aromatic heterocycles. The number of aryl methyl sites for hydroxylation is 1. The number of aliphatic carboxylic acids is 1. The minimum absolute atomic E-state index is 0.0868. The first-order valence-electron chi connectivity index (χ1n) is 20.2. The summed E-state index contributed by atoms with van der Waals surface area (Å²) in [7, 11) is 0. The van der Waals surface area contributed by atoms with E-state index in [1.807, 2.05) is 29.9 Å². The van der Waals surface area contributed by atoms with E-state index in [1.54, 1.807) is 6.07 Å². The summed E-state index contributed by atoms with van der Waals surface area (Å²) in [6, 6.07) is 6.84. The molecule has 1 aromatic carbocycles. The maximum atomic E-state index is 10.8. The van der Waals surface area contributed by atoms with Crippen LogP contribution in [0.5, 0.6) is 0 Å². The van der Waals surface area contributed by atoms with Crippen LogP contribution in [0, 0.1) is 30.6 Å². The van der Waals surface area contributed by atoms with E-state index >= 15 is 0 Å². The lowest BCUT2D eigenvalue weighted by Gasteiger charge is -2.45. The quantitative estimate of drug-likeness (QED) is 0.227. The Morgan fingerprint density at radius 3 is 2.30 bits per heavy atom. The minimum Gasteiger partial charge on any atom is -0.483 e. The summed E-state index contributed by atoms with van der Waals surface area (Å²) >= 11 is 12.6. The van der Waals surface area contributed by atoms with E-state index in [-0.39, 0.29) is 18.7 Å². The molecular formula is C41H60Cl2N8O6.